The van der Waals surface area contributed by atoms with Crippen molar-refractivity contribution in [2.75, 3.05) is 19.7 Å². The second-order valence-electron chi connectivity index (χ2n) is 8.77. The number of nitrogens with zero attached hydrogens (tertiary/aromatic N) is 3. The molecule has 12 heteroatoms. The molecular formula is C19H25F3N4O4S. The molecule has 0 saturated carbocycles. The van der Waals surface area contributed by atoms with E-state index < -0.39 is 34.1 Å². The van der Waals surface area contributed by atoms with Gasteiger partial charge in [0.2, 0.25) is 0 Å². The summed E-state index contributed by atoms with van der Waals surface area (Å²) in [7, 11) is -3.71. The van der Waals surface area contributed by atoms with Gasteiger partial charge < -0.3 is 15.2 Å². The lowest BCUT2D eigenvalue weighted by Gasteiger charge is -2.37. The Morgan fingerprint density at radius 2 is 1.90 bits per heavy atom. The summed E-state index contributed by atoms with van der Waals surface area (Å²) in [5, 5.41) is -0.756. The van der Waals surface area contributed by atoms with Crippen LogP contribution in [0.1, 0.15) is 26.6 Å². The van der Waals surface area contributed by atoms with Crippen molar-refractivity contribution in [3.05, 3.63) is 24.0 Å². The van der Waals surface area contributed by atoms with Gasteiger partial charge in [0, 0.05) is 26.1 Å². The van der Waals surface area contributed by atoms with Crippen LogP contribution in [0.15, 0.2) is 23.1 Å². The molecule has 1 aliphatic heterocycles. The number of hydrogen-bond donors (Lipinski definition) is 1. The van der Waals surface area contributed by atoms with Crippen molar-refractivity contribution in [2.45, 2.75) is 50.2 Å². The van der Waals surface area contributed by atoms with Gasteiger partial charge in [0.25, 0.3) is 0 Å². The molecule has 0 bridgehead atoms. The summed E-state index contributed by atoms with van der Waals surface area (Å²) in [5.74, 6) is 0.548. The fourth-order valence-corrected chi connectivity index (χ4v) is 5.13. The zero-order chi connectivity index (χ0) is 23.2. The standard InChI is InChI=1S/C19H25F3N4O4S/c1-18(2,3)9-16-24-14-8-12(31(28,29)13-10-25(11-13)17(23)27)4-5-15(14)26(16)6-7-30-19(20,21)22/h4-5,8,13H,6-7,9-11H2,1-3H3,(H2,23,27). The number of ether oxygens (including phenoxy) is 1. The molecule has 0 atom stereocenters. The Labute approximate surface area is 178 Å². The molecule has 2 heterocycles. The van der Waals surface area contributed by atoms with Gasteiger partial charge in [0.1, 0.15) is 11.1 Å². The van der Waals surface area contributed by atoms with E-state index in [4.69, 9.17) is 5.73 Å². The van der Waals surface area contributed by atoms with Crippen LogP contribution in [-0.4, -0.2) is 60.2 Å². The van der Waals surface area contributed by atoms with E-state index in [1.54, 1.807) is 10.6 Å². The lowest BCUT2D eigenvalue weighted by molar-refractivity contribution is -0.325. The average Bonchev–Trinajstić information content (AvgIpc) is 2.86. The number of carbonyl (C=O) groups is 1. The van der Waals surface area contributed by atoms with Crippen molar-refractivity contribution in [1.29, 1.82) is 0 Å². The third-order valence-electron chi connectivity index (χ3n) is 4.99. The van der Waals surface area contributed by atoms with E-state index in [1.807, 2.05) is 20.8 Å². The van der Waals surface area contributed by atoms with Gasteiger partial charge in [-0.25, -0.2) is 18.2 Å². The number of nitrogens with two attached hydrogens (primary N) is 1. The number of imidazole rings is 1. The predicted octanol–water partition coefficient (Wildman–Crippen LogP) is 2.70. The van der Waals surface area contributed by atoms with Gasteiger partial charge in [-0.15, -0.1) is 13.2 Å². The van der Waals surface area contributed by atoms with Gasteiger partial charge in [-0.1, -0.05) is 20.8 Å². The van der Waals surface area contributed by atoms with Crippen molar-refractivity contribution in [3.63, 3.8) is 0 Å². The number of aromatic nitrogens is 2. The average molecular weight is 462 g/mol. The monoisotopic (exact) mass is 462 g/mol. The Hall–Kier alpha value is -2.34. The van der Waals surface area contributed by atoms with E-state index in [1.165, 1.54) is 17.0 Å². The van der Waals surface area contributed by atoms with Gasteiger partial charge in [0.05, 0.1) is 22.5 Å². The first-order valence-corrected chi connectivity index (χ1v) is 11.2. The Morgan fingerprint density at radius 1 is 1.26 bits per heavy atom. The van der Waals surface area contributed by atoms with Crippen molar-refractivity contribution in [3.8, 4) is 0 Å². The SMILES string of the molecule is CC(C)(C)Cc1nc2cc(S(=O)(=O)C3CN(C(N)=O)C3)ccc2n1CCOC(F)(F)F. The van der Waals surface area contributed by atoms with E-state index in [-0.39, 0.29) is 29.9 Å². The molecule has 1 aliphatic rings. The van der Waals surface area contributed by atoms with Crippen molar-refractivity contribution >= 4 is 26.9 Å². The normalized spacial score (nSPS) is 16.0. The predicted molar refractivity (Wildman–Crippen MR) is 107 cm³/mol. The Kier molecular flexibility index (Phi) is 6.00. The van der Waals surface area contributed by atoms with Gasteiger partial charge in [0.15, 0.2) is 9.84 Å². The lowest BCUT2D eigenvalue weighted by atomic mass is 9.92. The highest BCUT2D eigenvalue weighted by atomic mass is 32.2. The maximum Gasteiger partial charge on any atom is 0.522 e. The third-order valence-corrected chi connectivity index (χ3v) is 7.08. The first kappa shape index (κ1) is 23.3. The number of amides is 2. The van der Waals surface area contributed by atoms with Crippen LogP contribution in [0.2, 0.25) is 0 Å². The van der Waals surface area contributed by atoms with Crippen LogP contribution < -0.4 is 5.73 Å². The van der Waals surface area contributed by atoms with Gasteiger partial charge in [-0.3, -0.25) is 4.74 Å². The van der Waals surface area contributed by atoms with Crippen LogP contribution in [0, 0.1) is 5.41 Å². The quantitative estimate of drug-likeness (QED) is 0.710. The van der Waals surface area contributed by atoms with Crippen LogP contribution in [0.4, 0.5) is 18.0 Å². The second kappa shape index (κ2) is 7.97. The molecule has 1 saturated heterocycles. The highest BCUT2D eigenvalue weighted by molar-refractivity contribution is 7.92. The molecule has 2 amide bonds. The molecule has 0 radical (unpaired) electrons. The summed E-state index contributed by atoms with van der Waals surface area (Å²) in [6.45, 7) is 5.29. The minimum absolute atomic E-state index is 0.0220. The van der Waals surface area contributed by atoms with Gasteiger partial charge in [-0.2, -0.15) is 0 Å². The van der Waals surface area contributed by atoms with Gasteiger partial charge in [-0.05, 0) is 23.6 Å². The lowest BCUT2D eigenvalue weighted by Crippen LogP contribution is -2.58. The van der Waals surface area contributed by atoms with Crippen LogP contribution >= 0.6 is 0 Å². The van der Waals surface area contributed by atoms with Crippen LogP contribution in [0.25, 0.3) is 11.0 Å². The first-order chi connectivity index (χ1) is 14.2. The van der Waals surface area contributed by atoms with Crippen molar-refractivity contribution in [2.24, 2.45) is 11.1 Å². The summed E-state index contributed by atoms with van der Waals surface area (Å²) in [6, 6.07) is 3.70. The first-order valence-electron chi connectivity index (χ1n) is 9.65. The van der Waals surface area contributed by atoms with Gasteiger partial charge >= 0.3 is 12.4 Å². The molecule has 31 heavy (non-hydrogen) atoms. The number of hydrogen-bond acceptors (Lipinski definition) is 5. The number of alkyl halides is 3. The van der Waals surface area contributed by atoms with E-state index in [0.29, 0.717) is 23.3 Å². The molecule has 3 rings (SSSR count). The second-order valence-corrected chi connectivity index (χ2v) is 11.0. The molecule has 1 aromatic carbocycles. The molecule has 1 aromatic heterocycles. The summed E-state index contributed by atoms with van der Waals surface area (Å²) in [5.41, 5.74) is 5.86. The number of urea groups is 1. The number of benzene rings is 1. The number of primary amides is 1. The summed E-state index contributed by atoms with van der Waals surface area (Å²) < 4.78 is 68.5. The van der Waals surface area contributed by atoms with E-state index in [0.717, 1.165) is 0 Å². The summed E-state index contributed by atoms with van der Waals surface area (Å²) in [6.07, 6.45) is -4.25. The minimum atomic E-state index is -4.73. The zero-order valence-electron chi connectivity index (χ0n) is 17.4. The number of sulfone groups is 1. The number of rotatable bonds is 6. The van der Waals surface area contributed by atoms with Crippen LogP contribution in [-0.2, 0) is 27.5 Å². The topological polar surface area (TPSA) is 108 Å². The largest absolute Gasteiger partial charge is 0.522 e. The summed E-state index contributed by atoms with van der Waals surface area (Å²) in [4.78, 5) is 16.9. The molecule has 2 aromatic rings. The Morgan fingerprint density at radius 3 is 2.45 bits per heavy atom. The maximum atomic E-state index is 12.9. The smallest absolute Gasteiger partial charge is 0.351 e. The molecule has 2 N–H and O–H groups in total. The van der Waals surface area contributed by atoms with E-state index in [2.05, 4.69) is 9.72 Å². The number of carbonyl (C=O) groups excluding carboxylic acids is 1. The molecular weight excluding hydrogens is 437 g/mol. The minimum Gasteiger partial charge on any atom is -0.351 e. The molecule has 8 nitrogen and oxygen atoms in total. The Balaban J connectivity index is 1.92. The molecule has 0 unspecified atom stereocenters. The maximum absolute atomic E-state index is 12.9. The van der Waals surface area contributed by atoms with Crippen LogP contribution in [0.5, 0.6) is 0 Å². The highest BCUT2D eigenvalue weighted by Gasteiger charge is 2.40. The Bertz CT molecular complexity index is 1080. The molecule has 1 fully saturated rings. The third kappa shape index (κ3) is 5.29. The molecule has 0 aliphatic carbocycles. The van der Waals surface area contributed by atoms with E-state index >= 15 is 0 Å². The van der Waals surface area contributed by atoms with Crippen molar-refractivity contribution in [1.82, 2.24) is 14.5 Å². The van der Waals surface area contributed by atoms with E-state index in [9.17, 15) is 26.4 Å². The number of halogens is 3. The van der Waals surface area contributed by atoms with Crippen LogP contribution in [0.3, 0.4) is 0 Å². The number of likely N-dealkylation sites (tertiary alicyclic amines) is 1. The number of fused-ring (bicyclic) bond motifs is 1. The summed E-state index contributed by atoms with van der Waals surface area (Å²) >= 11 is 0. The zero-order valence-corrected chi connectivity index (χ0v) is 18.3. The fraction of sp³-hybridized carbons (Fsp3) is 0.579. The highest BCUT2D eigenvalue weighted by Crippen LogP contribution is 2.29. The molecule has 172 valence electrons. The van der Waals surface area contributed by atoms with Crippen molar-refractivity contribution < 1.29 is 31.1 Å². The fourth-order valence-electron chi connectivity index (χ4n) is 3.45. The molecule has 0 spiro atoms.